The van der Waals surface area contributed by atoms with Crippen LogP contribution in [-0.2, 0) is 13.0 Å². The summed E-state index contributed by atoms with van der Waals surface area (Å²) in [7, 11) is 0. The fourth-order valence-electron chi connectivity index (χ4n) is 2.68. The molecule has 1 aromatic heterocycles. The van der Waals surface area contributed by atoms with E-state index in [1.54, 1.807) is 0 Å². The van der Waals surface area contributed by atoms with E-state index in [-0.39, 0.29) is 6.04 Å². The van der Waals surface area contributed by atoms with E-state index in [0.717, 1.165) is 10.9 Å². The molecule has 1 aromatic carbocycles. The number of halogens is 1. The Morgan fingerprint density at radius 3 is 3.05 bits per heavy atom. The number of hydrogen-bond donors (Lipinski definition) is 0. The first kappa shape index (κ1) is 12.3. The van der Waals surface area contributed by atoms with Crippen molar-refractivity contribution < 1.29 is 0 Å². The van der Waals surface area contributed by atoms with Crippen LogP contribution >= 0.6 is 15.9 Å². The lowest BCUT2D eigenvalue weighted by molar-refractivity contribution is 0.594. The molecule has 19 heavy (non-hydrogen) atoms. The van der Waals surface area contributed by atoms with Crippen LogP contribution in [0.1, 0.15) is 18.1 Å². The molecule has 3 rings (SSSR count). The Morgan fingerprint density at radius 2 is 2.26 bits per heavy atom. The first-order valence-electron chi connectivity index (χ1n) is 6.20. The maximum Gasteiger partial charge on any atom is 0.0525 e. The van der Waals surface area contributed by atoms with Crippen LogP contribution < -0.4 is 0 Å². The summed E-state index contributed by atoms with van der Waals surface area (Å²) in [6.07, 6.45) is 3.07. The minimum Gasteiger partial charge on any atom is -0.347 e. The molecule has 1 unspecified atom stereocenters. The zero-order valence-corrected chi connectivity index (χ0v) is 12.1. The third kappa shape index (κ3) is 2.15. The van der Waals surface area contributed by atoms with Crippen LogP contribution in [0.4, 0.5) is 0 Å². The van der Waals surface area contributed by atoms with Crippen LogP contribution in [0.2, 0.25) is 0 Å². The average molecular weight is 317 g/mol. The molecule has 0 saturated carbocycles. The standard InChI is InChI=1S/C14H13BrN4/c1-9(17-18-16)8-19-5-4-11-6-10-2-3-12(15)7-13(10)14(11)19/h2-5,7,9H,6,8H2,1H3. The topological polar surface area (TPSA) is 53.7 Å². The van der Waals surface area contributed by atoms with Crippen molar-refractivity contribution in [1.82, 2.24) is 4.57 Å². The van der Waals surface area contributed by atoms with Gasteiger partial charge in [0.1, 0.15) is 0 Å². The van der Waals surface area contributed by atoms with Gasteiger partial charge >= 0.3 is 0 Å². The Kier molecular flexibility index (Phi) is 3.09. The first-order valence-corrected chi connectivity index (χ1v) is 6.99. The highest BCUT2D eigenvalue weighted by atomic mass is 79.9. The van der Waals surface area contributed by atoms with E-state index in [0.29, 0.717) is 6.54 Å². The smallest absolute Gasteiger partial charge is 0.0525 e. The van der Waals surface area contributed by atoms with Gasteiger partial charge in [0.2, 0.25) is 0 Å². The van der Waals surface area contributed by atoms with Gasteiger partial charge in [-0.2, -0.15) is 0 Å². The van der Waals surface area contributed by atoms with Crippen LogP contribution in [0.5, 0.6) is 0 Å². The van der Waals surface area contributed by atoms with Crippen molar-refractivity contribution in [2.75, 3.05) is 0 Å². The van der Waals surface area contributed by atoms with E-state index in [1.807, 2.05) is 6.92 Å². The zero-order valence-electron chi connectivity index (χ0n) is 10.5. The lowest BCUT2D eigenvalue weighted by Gasteiger charge is -2.11. The third-order valence-corrected chi connectivity index (χ3v) is 3.96. The predicted octanol–water partition coefficient (Wildman–Crippen LogP) is 4.52. The molecule has 4 nitrogen and oxygen atoms in total. The molecule has 1 aliphatic rings. The Balaban J connectivity index is 2.02. The normalized spacial score (nSPS) is 13.6. The molecule has 0 saturated heterocycles. The van der Waals surface area contributed by atoms with Crippen molar-refractivity contribution in [3.8, 4) is 11.3 Å². The van der Waals surface area contributed by atoms with Crippen LogP contribution in [0, 0.1) is 0 Å². The summed E-state index contributed by atoms with van der Waals surface area (Å²) in [5.74, 6) is 0. The van der Waals surface area contributed by atoms with Gasteiger partial charge in [-0.3, -0.25) is 0 Å². The molecular weight excluding hydrogens is 304 g/mol. The summed E-state index contributed by atoms with van der Waals surface area (Å²) in [4.78, 5) is 2.87. The highest BCUT2D eigenvalue weighted by Gasteiger charge is 2.22. The minimum atomic E-state index is -0.0438. The molecule has 0 spiro atoms. The lowest BCUT2D eigenvalue weighted by Crippen LogP contribution is -2.09. The average Bonchev–Trinajstić information content (AvgIpc) is 2.90. The molecule has 2 aromatic rings. The molecule has 0 bridgehead atoms. The second-order valence-electron chi connectivity index (χ2n) is 4.87. The Labute approximate surface area is 119 Å². The number of hydrogen-bond acceptors (Lipinski definition) is 1. The Hall–Kier alpha value is -1.71. The molecule has 0 aliphatic heterocycles. The number of azide groups is 1. The van der Waals surface area contributed by atoms with Gasteiger partial charge in [-0.1, -0.05) is 34.0 Å². The van der Waals surface area contributed by atoms with Crippen molar-refractivity contribution in [1.29, 1.82) is 0 Å². The number of fused-ring (bicyclic) bond motifs is 3. The van der Waals surface area contributed by atoms with Crippen LogP contribution in [0.15, 0.2) is 40.0 Å². The monoisotopic (exact) mass is 316 g/mol. The van der Waals surface area contributed by atoms with E-state index in [4.69, 9.17) is 5.53 Å². The molecule has 5 heteroatoms. The maximum atomic E-state index is 8.50. The van der Waals surface area contributed by atoms with Gasteiger partial charge in [0.05, 0.1) is 11.7 Å². The van der Waals surface area contributed by atoms with Gasteiger partial charge in [-0.05, 0) is 34.9 Å². The van der Waals surface area contributed by atoms with Gasteiger partial charge in [0.15, 0.2) is 0 Å². The number of rotatable bonds is 3. The van der Waals surface area contributed by atoms with E-state index in [2.05, 4.69) is 61.0 Å². The molecule has 0 radical (unpaired) electrons. The highest BCUT2D eigenvalue weighted by Crippen LogP contribution is 2.38. The van der Waals surface area contributed by atoms with E-state index in [9.17, 15) is 0 Å². The summed E-state index contributed by atoms with van der Waals surface area (Å²) in [6.45, 7) is 2.65. The molecular formula is C14H13BrN4. The molecule has 1 atom stereocenters. The van der Waals surface area contributed by atoms with E-state index in [1.165, 1.54) is 22.4 Å². The Morgan fingerprint density at radius 1 is 1.42 bits per heavy atom. The zero-order chi connectivity index (χ0) is 13.4. The van der Waals surface area contributed by atoms with E-state index < -0.39 is 0 Å². The summed E-state index contributed by atoms with van der Waals surface area (Å²) in [6, 6.07) is 8.53. The van der Waals surface area contributed by atoms with Crippen LogP contribution in [-0.4, -0.2) is 10.6 Å². The SMILES string of the molecule is CC(Cn1ccc2c1-c1cc(Br)ccc1C2)N=[N+]=[N-]. The number of aromatic nitrogens is 1. The van der Waals surface area contributed by atoms with E-state index >= 15 is 0 Å². The molecule has 1 aliphatic carbocycles. The molecule has 1 heterocycles. The van der Waals surface area contributed by atoms with Crippen molar-refractivity contribution in [2.24, 2.45) is 5.11 Å². The second-order valence-corrected chi connectivity index (χ2v) is 5.79. The summed E-state index contributed by atoms with van der Waals surface area (Å²) in [5.41, 5.74) is 13.7. The molecule has 96 valence electrons. The highest BCUT2D eigenvalue weighted by molar-refractivity contribution is 9.10. The Bertz CT molecular complexity index is 683. The lowest BCUT2D eigenvalue weighted by atomic mass is 10.1. The van der Waals surface area contributed by atoms with Gasteiger partial charge in [-0.25, -0.2) is 0 Å². The van der Waals surface area contributed by atoms with Gasteiger partial charge < -0.3 is 4.57 Å². The van der Waals surface area contributed by atoms with Crippen molar-refractivity contribution in [3.63, 3.8) is 0 Å². The fraction of sp³-hybridized carbons (Fsp3) is 0.286. The number of benzene rings is 1. The summed E-state index contributed by atoms with van der Waals surface area (Å²) >= 11 is 3.53. The van der Waals surface area contributed by atoms with Gasteiger partial charge in [0.25, 0.3) is 0 Å². The number of nitrogens with zero attached hydrogens (tertiary/aromatic N) is 4. The summed E-state index contributed by atoms with van der Waals surface area (Å²) < 4.78 is 3.28. The summed E-state index contributed by atoms with van der Waals surface area (Å²) in [5, 5.41) is 3.75. The van der Waals surface area contributed by atoms with Gasteiger partial charge in [0, 0.05) is 34.1 Å². The molecule has 0 fully saturated rings. The first-order chi connectivity index (χ1) is 9.19. The molecule has 0 N–H and O–H groups in total. The third-order valence-electron chi connectivity index (χ3n) is 3.46. The quantitative estimate of drug-likeness (QED) is 0.387. The minimum absolute atomic E-state index is 0.0438. The second kappa shape index (κ2) is 4.76. The fourth-order valence-corrected chi connectivity index (χ4v) is 3.04. The van der Waals surface area contributed by atoms with Gasteiger partial charge in [-0.15, -0.1) is 0 Å². The van der Waals surface area contributed by atoms with Crippen LogP contribution in [0.3, 0.4) is 0 Å². The molecule has 0 amide bonds. The largest absolute Gasteiger partial charge is 0.347 e. The van der Waals surface area contributed by atoms with Crippen molar-refractivity contribution >= 4 is 15.9 Å². The van der Waals surface area contributed by atoms with Crippen molar-refractivity contribution in [3.05, 3.63) is 56.5 Å². The predicted molar refractivity (Wildman–Crippen MR) is 79.0 cm³/mol. The van der Waals surface area contributed by atoms with Crippen molar-refractivity contribution in [2.45, 2.75) is 25.9 Å². The maximum absolute atomic E-state index is 8.50. The van der Waals surface area contributed by atoms with Crippen LogP contribution in [0.25, 0.3) is 21.7 Å².